The van der Waals surface area contributed by atoms with E-state index in [1.807, 2.05) is 31.2 Å². The van der Waals surface area contributed by atoms with Gasteiger partial charge in [0.1, 0.15) is 11.5 Å². The second kappa shape index (κ2) is 9.99. The number of aromatic nitrogens is 2. The first-order valence-corrected chi connectivity index (χ1v) is 11.1. The second-order valence-corrected chi connectivity index (χ2v) is 7.91. The summed E-state index contributed by atoms with van der Waals surface area (Å²) in [5.41, 5.74) is 2.49. The molecule has 0 radical (unpaired) electrons. The van der Waals surface area contributed by atoms with Crippen LogP contribution in [0.3, 0.4) is 0 Å². The number of hydrogen-bond acceptors (Lipinski definition) is 7. The van der Waals surface area contributed by atoms with Gasteiger partial charge in [0, 0.05) is 49.9 Å². The summed E-state index contributed by atoms with van der Waals surface area (Å²) >= 11 is 6.21. The summed E-state index contributed by atoms with van der Waals surface area (Å²) in [6.07, 6.45) is 0.710. The van der Waals surface area contributed by atoms with Gasteiger partial charge in [0.15, 0.2) is 0 Å². The number of carbonyl (C=O) groups excluding carboxylic acids is 1. The van der Waals surface area contributed by atoms with E-state index in [2.05, 4.69) is 20.4 Å². The maximum atomic E-state index is 12.8. The normalized spacial score (nSPS) is 13.7. The van der Waals surface area contributed by atoms with Crippen LogP contribution in [0.4, 0.5) is 16.2 Å². The maximum absolute atomic E-state index is 12.8. The highest BCUT2D eigenvalue weighted by molar-refractivity contribution is 6.32. The zero-order valence-corrected chi connectivity index (χ0v) is 19.6. The quantitative estimate of drug-likeness (QED) is 0.572. The molecule has 0 spiro atoms. The lowest BCUT2D eigenvalue weighted by molar-refractivity contribution is 0.208. The molecule has 1 aromatic heterocycles. The Kier molecular flexibility index (Phi) is 6.88. The van der Waals surface area contributed by atoms with Gasteiger partial charge in [-0.25, -0.2) is 4.79 Å². The molecule has 33 heavy (non-hydrogen) atoms. The Hall–Kier alpha value is -3.46. The number of aryl methyl sites for hydroxylation is 1. The van der Waals surface area contributed by atoms with Gasteiger partial charge in [0.25, 0.3) is 0 Å². The standard InChI is InChI=1S/C23H26ClN5O4/c1-4-21-26-22(27-33-21)15-5-7-16(8-6-15)28-9-11-29(12-10-28)23(30)25-18-13-17(24)19(31-2)14-20(18)32-3/h5-8,13-14H,4,9-12H2,1-3H3,(H,25,30). The van der Waals surface area contributed by atoms with Gasteiger partial charge in [-0.3, -0.25) is 0 Å². The SMILES string of the molecule is CCc1nc(-c2ccc(N3CCN(C(=O)Nc4cc(Cl)c(OC)cc4OC)CC3)cc2)no1. The molecule has 0 atom stereocenters. The predicted molar refractivity (Wildman–Crippen MR) is 126 cm³/mol. The number of carbonyl (C=O) groups is 1. The number of nitrogens with zero attached hydrogens (tertiary/aromatic N) is 4. The van der Waals surface area contributed by atoms with Gasteiger partial charge in [0.2, 0.25) is 11.7 Å². The van der Waals surface area contributed by atoms with Crippen LogP contribution < -0.4 is 19.7 Å². The highest BCUT2D eigenvalue weighted by Gasteiger charge is 2.23. The predicted octanol–water partition coefficient (Wildman–Crippen LogP) is 4.32. The Morgan fingerprint density at radius 2 is 1.79 bits per heavy atom. The molecule has 174 valence electrons. The summed E-state index contributed by atoms with van der Waals surface area (Å²) in [4.78, 5) is 21.2. The molecule has 1 saturated heterocycles. The van der Waals surface area contributed by atoms with Crippen molar-refractivity contribution in [2.24, 2.45) is 0 Å². The monoisotopic (exact) mass is 471 g/mol. The van der Waals surface area contributed by atoms with Crippen molar-refractivity contribution in [3.63, 3.8) is 0 Å². The lowest BCUT2D eigenvalue weighted by Gasteiger charge is -2.36. The summed E-state index contributed by atoms with van der Waals surface area (Å²) < 4.78 is 15.8. The molecule has 10 heteroatoms. The first-order valence-electron chi connectivity index (χ1n) is 10.7. The van der Waals surface area contributed by atoms with Crippen LogP contribution in [0, 0.1) is 0 Å². The van der Waals surface area contributed by atoms with Crippen molar-refractivity contribution in [1.29, 1.82) is 0 Å². The fraction of sp³-hybridized carbons (Fsp3) is 0.348. The number of halogens is 1. The summed E-state index contributed by atoms with van der Waals surface area (Å²) in [5, 5.41) is 7.30. The molecule has 2 aromatic carbocycles. The lowest BCUT2D eigenvalue weighted by Crippen LogP contribution is -2.50. The Balaban J connectivity index is 1.36. The minimum atomic E-state index is -0.201. The third-order valence-electron chi connectivity index (χ3n) is 5.54. The fourth-order valence-electron chi connectivity index (χ4n) is 3.66. The fourth-order valence-corrected chi connectivity index (χ4v) is 3.90. The lowest BCUT2D eigenvalue weighted by atomic mass is 10.1. The number of hydrogen-bond donors (Lipinski definition) is 1. The molecule has 2 heterocycles. The Bertz CT molecular complexity index is 1110. The molecule has 1 aliphatic rings. The molecule has 0 aliphatic carbocycles. The zero-order valence-electron chi connectivity index (χ0n) is 18.8. The third kappa shape index (κ3) is 4.98. The van der Waals surface area contributed by atoms with E-state index < -0.39 is 0 Å². The van der Waals surface area contributed by atoms with E-state index in [1.54, 1.807) is 17.0 Å². The van der Waals surface area contributed by atoms with Crippen LogP contribution in [0.1, 0.15) is 12.8 Å². The average molecular weight is 472 g/mol. The molecule has 3 aromatic rings. The van der Waals surface area contributed by atoms with Crippen LogP contribution in [0.25, 0.3) is 11.4 Å². The smallest absolute Gasteiger partial charge is 0.322 e. The Labute approximate surface area is 197 Å². The molecule has 1 fully saturated rings. The van der Waals surface area contributed by atoms with Crippen LogP contribution in [0.2, 0.25) is 5.02 Å². The highest BCUT2D eigenvalue weighted by Crippen LogP contribution is 2.36. The minimum Gasteiger partial charge on any atom is -0.495 e. The molecule has 1 N–H and O–H groups in total. The number of ether oxygens (including phenoxy) is 2. The topological polar surface area (TPSA) is 93.0 Å². The third-order valence-corrected chi connectivity index (χ3v) is 5.84. The van der Waals surface area contributed by atoms with Crippen molar-refractivity contribution in [2.75, 3.05) is 50.6 Å². The molecule has 4 rings (SSSR count). The molecular weight excluding hydrogens is 446 g/mol. The summed E-state index contributed by atoms with van der Waals surface area (Å²) in [6.45, 7) is 4.59. The summed E-state index contributed by atoms with van der Waals surface area (Å²) in [7, 11) is 3.06. The van der Waals surface area contributed by atoms with E-state index in [-0.39, 0.29) is 6.03 Å². The van der Waals surface area contributed by atoms with E-state index in [4.69, 9.17) is 25.6 Å². The van der Waals surface area contributed by atoms with Crippen molar-refractivity contribution in [2.45, 2.75) is 13.3 Å². The Morgan fingerprint density at radius 1 is 1.09 bits per heavy atom. The molecule has 0 saturated carbocycles. The van der Waals surface area contributed by atoms with Crippen LogP contribution >= 0.6 is 11.6 Å². The van der Waals surface area contributed by atoms with Crippen molar-refractivity contribution in [3.05, 3.63) is 47.3 Å². The number of rotatable bonds is 6. The largest absolute Gasteiger partial charge is 0.495 e. The van der Waals surface area contributed by atoms with Crippen molar-refractivity contribution >= 4 is 29.0 Å². The molecule has 0 bridgehead atoms. The first-order chi connectivity index (χ1) is 16.0. The van der Waals surface area contributed by atoms with Crippen molar-refractivity contribution < 1.29 is 18.8 Å². The van der Waals surface area contributed by atoms with Crippen LogP contribution in [-0.4, -0.2) is 61.5 Å². The number of urea groups is 1. The number of piperazine rings is 1. The van der Waals surface area contributed by atoms with Gasteiger partial charge in [-0.05, 0) is 30.3 Å². The van der Waals surface area contributed by atoms with Crippen LogP contribution in [0.15, 0.2) is 40.9 Å². The van der Waals surface area contributed by atoms with Crippen molar-refractivity contribution in [1.82, 2.24) is 15.0 Å². The number of methoxy groups -OCH3 is 2. The van der Waals surface area contributed by atoms with Crippen LogP contribution in [0.5, 0.6) is 11.5 Å². The number of nitrogens with one attached hydrogen (secondary N) is 1. The van der Waals surface area contributed by atoms with E-state index >= 15 is 0 Å². The van der Waals surface area contributed by atoms with Gasteiger partial charge in [0.05, 0.1) is 24.9 Å². The average Bonchev–Trinajstić information content (AvgIpc) is 3.34. The number of benzene rings is 2. The first kappa shape index (κ1) is 22.7. The minimum absolute atomic E-state index is 0.201. The molecule has 2 amide bonds. The van der Waals surface area contributed by atoms with E-state index in [0.717, 1.165) is 24.3 Å². The van der Waals surface area contributed by atoms with Crippen LogP contribution in [-0.2, 0) is 6.42 Å². The maximum Gasteiger partial charge on any atom is 0.322 e. The van der Waals surface area contributed by atoms with Crippen molar-refractivity contribution in [3.8, 4) is 22.9 Å². The summed E-state index contributed by atoms with van der Waals surface area (Å²) in [5.74, 6) is 2.18. The molecule has 9 nitrogen and oxygen atoms in total. The second-order valence-electron chi connectivity index (χ2n) is 7.50. The molecular formula is C23H26ClN5O4. The summed E-state index contributed by atoms with van der Waals surface area (Å²) in [6, 6.07) is 11.1. The number of amides is 2. The number of anilines is 2. The van der Waals surface area contributed by atoms with E-state index in [9.17, 15) is 4.79 Å². The van der Waals surface area contributed by atoms with Gasteiger partial charge in [-0.1, -0.05) is 23.7 Å². The highest BCUT2D eigenvalue weighted by atomic mass is 35.5. The molecule has 0 unspecified atom stereocenters. The zero-order chi connectivity index (χ0) is 23.4. The molecule has 1 aliphatic heterocycles. The van der Waals surface area contributed by atoms with Gasteiger partial charge >= 0.3 is 6.03 Å². The Morgan fingerprint density at radius 3 is 2.39 bits per heavy atom. The van der Waals surface area contributed by atoms with Gasteiger partial charge in [-0.2, -0.15) is 4.98 Å². The van der Waals surface area contributed by atoms with E-state index in [1.165, 1.54) is 14.2 Å². The van der Waals surface area contributed by atoms with E-state index in [0.29, 0.717) is 53.4 Å². The van der Waals surface area contributed by atoms with Gasteiger partial charge in [-0.15, -0.1) is 0 Å². The van der Waals surface area contributed by atoms with Gasteiger partial charge < -0.3 is 29.1 Å².